The molecule has 0 radical (unpaired) electrons. The van der Waals surface area contributed by atoms with Crippen LogP contribution < -0.4 is 10.0 Å². The maximum Gasteiger partial charge on any atom is 0.253 e. The summed E-state index contributed by atoms with van der Waals surface area (Å²) in [6.07, 6.45) is 0.643. The Morgan fingerprint density at radius 2 is 1.96 bits per heavy atom. The Hall–Kier alpha value is -0.860. The molecule has 0 heterocycles. The van der Waals surface area contributed by atoms with Gasteiger partial charge < -0.3 is 10.2 Å². The van der Waals surface area contributed by atoms with Gasteiger partial charge in [0.15, 0.2) is 0 Å². The van der Waals surface area contributed by atoms with Crippen molar-refractivity contribution < 1.29 is 13.2 Å². The Bertz CT molecular complexity index is 636. The average Bonchev–Trinajstić information content (AvgIpc) is 2.46. The van der Waals surface area contributed by atoms with E-state index in [9.17, 15) is 13.2 Å². The van der Waals surface area contributed by atoms with Crippen LogP contribution in [0.4, 0.5) is 0 Å². The summed E-state index contributed by atoms with van der Waals surface area (Å²) in [6, 6.07) is 4.42. The first-order valence-corrected chi connectivity index (χ1v) is 8.73. The molecule has 0 bridgehead atoms. The SMILES string of the molecule is CNC(C)CCNS(=O)(=O)c1cc(C(=O)N(C)C)ccc1Cl.Cl. The third kappa shape index (κ3) is 6.27. The molecule has 0 spiro atoms. The molecule has 2 N–H and O–H groups in total. The lowest BCUT2D eigenvalue weighted by molar-refractivity contribution is 0.0827. The summed E-state index contributed by atoms with van der Waals surface area (Å²) in [6.45, 7) is 2.24. The summed E-state index contributed by atoms with van der Waals surface area (Å²) < 4.78 is 27.2. The minimum Gasteiger partial charge on any atom is -0.345 e. The van der Waals surface area contributed by atoms with Gasteiger partial charge in [0.25, 0.3) is 5.91 Å². The first-order chi connectivity index (χ1) is 10.2. The van der Waals surface area contributed by atoms with Crippen LogP contribution in [0.2, 0.25) is 5.02 Å². The summed E-state index contributed by atoms with van der Waals surface area (Å²) in [5, 5.41) is 3.12. The van der Waals surface area contributed by atoms with Crippen molar-refractivity contribution in [2.45, 2.75) is 24.3 Å². The number of sulfonamides is 1. The predicted octanol–water partition coefficient (Wildman–Crippen LogP) is 1.74. The van der Waals surface area contributed by atoms with Crippen molar-refractivity contribution in [2.75, 3.05) is 27.7 Å². The van der Waals surface area contributed by atoms with Crippen LogP contribution in [0.5, 0.6) is 0 Å². The van der Waals surface area contributed by atoms with Gasteiger partial charge in [-0.15, -0.1) is 12.4 Å². The Morgan fingerprint density at radius 3 is 2.48 bits per heavy atom. The lowest BCUT2D eigenvalue weighted by Crippen LogP contribution is -2.31. The molecule has 0 fully saturated rings. The number of hydrogen-bond donors (Lipinski definition) is 2. The second kappa shape index (κ2) is 9.44. The molecule has 1 amide bonds. The second-order valence-electron chi connectivity index (χ2n) is 5.22. The van der Waals surface area contributed by atoms with Gasteiger partial charge >= 0.3 is 0 Å². The van der Waals surface area contributed by atoms with Crippen molar-refractivity contribution in [3.63, 3.8) is 0 Å². The second-order valence-corrected chi connectivity index (χ2v) is 7.36. The standard InChI is InChI=1S/C14H22ClN3O3S.ClH/c1-10(16-2)7-8-17-22(20,21)13-9-11(5-6-12(13)15)14(19)18(3)4;/h5-6,9-10,16-17H,7-8H2,1-4H3;1H. The molecule has 0 aliphatic carbocycles. The van der Waals surface area contributed by atoms with E-state index in [0.717, 1.165) is 0 Å². The molecule has 0 saturated carbocycles. The molecule has 6 nitrogen and oxygen atoms in total. The number of nitrogens with one attached hydrogen (secondary N) is 2. The van der Waals surface area contributed by atoms with Gasteiger partial charge in [0, 0.05) is 32.2 Å². The van der Waals surface area contributed by atoms with Crippen molar-refractivity contribution in [3.8, 4) is 0 Å². The van der Waals surface area contributed by atoms with Gasteiger partial charge in [0.1, 0.15) is 4.90 Å². The van der Waals surface area contributed by atoms with E-state index in [4.69, 9.17) is 11.6 Å². The molecule has 132 valence electrons. The van der Waals surface area contributed by atoms with Crippen LogP contribution in [0, 0.1) is 0 Å². The molecule has 0 aliphatic rings. The van der Waals surface area contributed by atoms with Crippen molar-refractivity contribution >= 4 is 39.9 Å². The molecule has 0 aliphatic heterocycles. The van der Waals surface area contributed by atoms with Crippen molar-refractivity contribution in [1.29, 1.82) is 0 Å². The van der Waals surface area contributed by atoms with E-state index < -0.39 is 10.0 Å². The highest BCUT2D eigenvalue weighted by molar-refractivity contribution is 7.89. The first-order valence-electron chi connectivity index (χ1n) is 6.87. The van der Waals surface area contributed by atoms with Crippen LogP contribution in [0.1, 0.15) is 23.7 Å². The van der Waals surface area contributed by atoms with Crippen molar-refractivity contribution in [1.82, 2.24) is 14.9 Å². The van der Waals surface area contributed by atoms with E-state index in [0.29, 0.717) is 6.42 Å². The van der Waals surface area contributed by atoms with Crippen LogP contribution in [0.3, 0.4) is 0 Å². The molecule has 1 unspecified atom stereocenters. The first kappa shape index (κ1) is 22.1. The molecule has 1 aromatic carbocycles. The number of amides is 1. The smallest absolute Gasteiger partial charge is 0.253 e. The summed E-state index contributed by atoms with van der Waals surface area (Å²) in [5.74, 6) is -0.281. The summed E-state index contributed by atoms with van der Waals surface area (Å²) >= 11 is 5.98. The van der Waals surface area contributed by atoms with Crippen LogP contribution in [-0.4, -0.2) is 53.0 Å². The maximum atomic E-state index is 12.3. The number of halogens is 2. The molecule has 9 heteroatoms. The predicted molar refractivity (Wildman–Crippen MR) is 95.0 cm³/mol. The quantitative estimate of drug-likeness (QED) is 0.751. The summed E-state index contributed by atoms with van der Waals surface area (Å²) in [5.41, 5.74) is 0.276. The van der Waals surface area contributed by atoms with E-state index in [1.807, 2.05) is 14.0 Å². The zero-order chi connectivity index (χ0) is 16.9. The lowest BCUT2D eigenvalue weighted by Gasteiger charge is -2.14. The molecule has 0 aromatic heterocycles. The number of carbonyl (C=O) groups is 1. The van der Waals surface area contributed by atoms with E-state index in [-0.39, 0.29) is 46.4 Å². The van der Waals surface area contributed by atoms with E-state index in [1.165, 1.54) is 23.1 Å². The Labute approximate surface area is 149 Å². The van der Waals surface area contributed by atoms with Crippen molar-refractivity contribution in [3.05, 3.63) is 28.8 Å². The minimum absolute atomic E-state index is 0. The minimum atomic E-state index is -3.76. The zero-order valence-electron chi connectivity index (χ0n) is 13.6. The van der Waals surface area contributed by atoms with Crippen molar-refractivity contribution in [2.24, 2.45) is 0 Å². The molecule has 1 atom stereocenters. The molecule has 0 saturated heterocycles. The zero-order valence-corrected chi connectivity index (χ0v) is 16.0. The van der Waals surface area contributed by atoms with Gasteiger partial charge in [0.05, 0.1) is 5.02 Å². The van der Waals surface area contributed by atoms with Crippen LogP contribution in [0.15, 0.2) is 23.1 Å². The molecule has 1 rings (SSSR count). The number of rotatable bonds is 7. The average molecular weight is 384 g/mol. The Balaban J connectivity index is 0.00000484. The number of carbonyl (C=O) groups excluding carboxylic acids is 1. The van der Waals surface area contributed by atoms with Gasteiger partial charge in [-0.05, 0) is 38.6 Å². The molecule has 1 aromatic rings. The van der Waals surface area contributed by atoms with Gasteiger partial charge in [-0.1, -0.05) is 11.6 Å². The van der Waals surface area contributed by atoms with Crippen LogP contribution in [-0.2, 0) is 10.0 Å². The highest BCUT2D eigenvalue weighted by atomic mass is 35.5. The van der Waals surface area contributed by atoms with E-state index in [2.05, 4.69) is 10.0 Å². The molecule has 23 heavy (non-hydrogen) atoms. The number of nitrogens with zero attached hydrogens (tertiary/aromatic N) is 1. The Kier molecular flexibility index (Phi) is 9.09. The molecular weight excluding hydrogens is 361 g/mol. The fraction of sp³-hybridized carbons (Fsp3) is 0.500. The highest BCUT2D eigenvalue weighted by Crippen LogP contribution is 2.23. The summed E-state index contributed by atoms with van der Waals surface area (Å²) in [4.78, 5) is 13.2. The maximum absolute atomic E-state index is 12.3. The third-order valence-corrected chi connectivity index (χ3v) is 5.18. The highest BCUT2D eigenvalue weighted by Gasteiger charge is 2.20. The van der Waals surface area contributed by atoms with E-state index in [1.54, 1.807) is 14.1 Å². The number of benzene rings is 1. The fourth-order valence-electron chi connectivity index (χ4n) is 1.73. The largest absolute Gasteiger partial charge is 0.345 e. The lowest BCUT2D eigenvalue weighted by atomic mass is 10.2. The van der Waals surface area contributed by atoms with Gasteiger partial charge in [-0.2, -0.15) is 0 Å². The monoisotopic (exact) mass is 383 g/mol. The third-order valence-electron chi connectivity index (χ3n) is 3.24. The van der Waals surface area contributed by atoms with Crippen LogP contribution >= 0.6 is 24.0 Å². The van der Waals surface area contributed by atoms with Gasteiger partial charge in [-0.25, -0.2) is 13.1 Å². The van der Waals surface area contributed by atoms with Gasteiger partial charge in [-0.3, -0.25) is 4.79 Å². The summed E-state index contributed by atoms with van der Waals surface area (Å²) in [7, 11) is 1.25. The molecular formula is C14H23Cl2N3O3S. The normalized spacial score (nSPS) is 12.4. The fourth-order valence-corrected chi connectivity index (χ4v) is 3.30. The number of hydrogen-bond acceptors (Lipinski definition) is 4. The van der Waals surface area contributed by atoms with Gasteiger partial charge in [0.2, 0.25) is 10.0 Å². The van der Waals surface area contributed by atoms with E-state index >= 15 is 0 Å². The van der Waals surface area contributed by atoms with Crippen LogP contribution in [0.25, 0.3) is 0 Å². The Morgan fingerprint density at radius 1 is 1.35 bits per heavy atom. The topological polar surface area (TPSA) is 78.5 Å².